The van der Waals surface area contributed by atoms with Crippen molar-refractivity contribution in [3.05, 3.63) is 82.6 Å². The van der Waals surface area contributed by atoms with Gasteiger partial charge < -0.3 is 15.3 Å². The molecule has 4 rings (SSSR count). The van der Waals surface area contributed by atoms with Crippen molar-refractivity contribution >= 4 is 23.7 Å². The number of aliphatic imine (C=N–C) groups is 1. The van der Waals surface area contributed by atoms with E-state index in [1.807, 2.05) is 18.4 Å². The minimum absolute atomic E-state index is 0.138. The summed E-state index contributed by atoms with van der Waals surface area (Å²) in [7, 11) is 0. The van der Waals surface area contributed by atoms with E-state index in [-0.39, 0.29) is 11.9 Å². The van der Waals surface area contributed by atoms with Gasteiger partial charge in [-0.05, 0) is 80.0 Å². The summed E-state index contributed by atoms with van der Waals surface area (Å²) >= 11 is 6.19. The molecular weight excluding hydrogens is 472 g/mol. The number of allylic oxidation sites excluding steroid dienone is 3. The van der Waals surface area contributed by atoms with E-state index in [0.717, 1.165) is 63.0 Å². The number of dihydropyridines is 1. The zero-order chi connectivity index (χ0) is 25.3. The third kappa shape index (κ3) is 6.96. The number of aliphatic hydroxyl groups excluding tert-OH is 1. The molecule has 1 aromatic carbocycles. The van der Waals surface area contributed by atoms with Crippen LogP contribution in [0.4, 0.5) is 0 Å². The fraction of sp³-hybridized carbons (Fsp3) is 0.448. The second kappa shape index (κ2) is 13.0. The number of likely N-dealkylation sites (tertiary alicyclic amines) is 1. The largest absolute Gasteiger partial charge is 0.375 e. The van der Waals surface area contributed by atoms with Crippen LogP contribution in [0.25, 0.3) is 0 Å². The van der Waals surface area contributed by atoms with Crippen molar-refractivity contribution in [3.63, 3.8) is 0 Å². The van der Waals surface area contributed by atoms with E-state index in [1.54, 1.807) is 30.3 Å². The molecule has 2 heterocycles. The van der Waals surface area contributed by atoms with Gasteiger partial charge in [-0.25, -0.2) is 0 Å². The number of rotatable bonds is 10. The molecule has 1 fully saturated rings. The zero-order valence-corrected chi connectivity index (χ0v) is 21.6. The van der Waals surface area contributed by atoms with E-state index in [9.17, 15) is 9.90 Å². The lowest BCUT2D eigenvalue weighted by atomic mass is 9.93. The summed E-state index contributed by atoms with van der Waals surface area (Å²) in [4.78, 5) is 19.5. The average molecular weight is 509 g/mol. The van der Waals surface area contributed by atoms with Crippen molar-refractivity contribution in [1.82, 2.24) is 15.5 Å². The quantitative estimate of drug-likeness (QED) is 0.402. The molecule has 2 atom stereocenters. The first-order chi connectivity index (χ1) is 17.5. The molecule has 192 valence electrons. The molecule has 0 aromatic heterocycles. The van der Waals surface area contributed by atoms with Gasteiger partial charge >= 0.3 is 0 Å². The van der Waals surface area contributed by atoms with Crippen LogP contribution >= 0.6 is 11.6 Å². The number of hydrogen-bond donors (Lipinski definition) is 3. The molecule has 36 heavy (non-hydrogen) atoms. The topological polar surface area (TPSA) is 77.0 Å². The van der Waals surface area contributed by atoms with Gasteiger partial charge in [0.05, 0.1) is 23.2 Å². The van der Waals surface area contributed by atoms with Crippen LogP contribution in [0.3, 0.4) is 0 Å². The number of amides is 1. The number of carbonyl (C=O) groups excluding carboxylic acids is 1. The number of aliphatic hydroxyl groups is 1. The lowest BCUT2D eigenvalue weighted by molar-refractivity contribution is 0.0943. The highest BCUT2D eigenvalue weighted by Crippen LogP contribution is 2.29. The maximum absolute atomic E-state index is 12.8. The molecular formula is C29H37ClN4O2. The molecule has 7 heteroatoms. The fourth-order valence-electron chi connectivity index (χ4n) is 5.24. The minimum Gasteiger partial charge on any atom is -0.375 e. The van der Waals surface area contributed by atoms with Crippen LogP contribution in [0, 0.1) is 5.92 Å². The van der Waals surface area contributed by atoms with E-state index < -0.39 is 6.23 Å². The number of benzene rings is 1. The number of hydrogen-bond acceptors (Lipinski definition) is 5. The Morgan fingerprint density at radius 1 is 1.28 bits per heavy atom. The Balaban J connectivity index is 1.23. The number of halogens is 1. The smallest absolute Gasteiger partial charge is 0.253 e. The molecule has 3 aliphatic rings. The summed E-state index contributed by atoms with van der Waals surface area (Å²) in [6, 6.07) is 6.91. The predicted molar refractivity (Wildman–Crippen MR) is 147 cm³/mol. The van der Waals surface area contributed by atoms with Crippen molar-refractivity contribution in [3.8, 4) is 0 Å². The lowest BCUT2D eigenvalue weighted by Gasteiger charge is -2.35. The molecule has 1 aromatic rings. The number of nitrogens with zero attached hydrogens (tertiary/aromatic N) is 2. The fourth-order valence-corrected chi connectivity index (χ4v) is 5.46. The highest BCUT2D eigenvalue weighted by Gasteiger charge is 2.25. The Bertz CT molecular complexity index is 1050. The number of carbonyl (C=O) groups is 1. The Kier molecular flexibility index (Phi) is 9.56. The van der Waals surface area contributed by atoms with Crippen LogP contribution in [0.5, 0.6) is 0 Å². The SMILES string of the molecule is C=CC1=C(C=CC(O)NCCC2CCN(C3=CCN=CC3)CC2)[C@H](NC(=O)c2ccccc2Cl)CC1. The van der Waals surface area contributed by atoms with Crippen LogP contribution in [0.1, 0.15) is 48.9 Å². The van der Waals surface area contributed by atoms with Gasteiger partial charge in [0.15, 0.2) is 0 Å². The molecule has 0 radical (unpaired) electrons. The normalized spacial score (nSPS) is 21.7. The Hall–Kier alpha value is -2.67. The van der Waals surface area contributed by atoms with Gasteiger partial charge in [0.1, 0.15) is 6.23 Å². The molecule has 1 amide bonds. The van der Waals surface area contributed by atoms with Crippen LogP contribution < -0.4 is 10.6 Å². The summed E-state index contributed by atoms with van der Waals surface area (Å²) in [6.07, 6.45) is 15.1. The van der Waals surface area contributed by atoms with Crippen LogP contribution in [0.15, 0.2) is 77.0 Å². The van der Waals surface area contributed by atoms with E-state index in [4.69, 9.17) is 11.6 Å². The highest BCUT2D eigenvalue weighted by molar-refractivity contribution is 6.33. The summed E-state index contributed by atoms with van der Waals surface area (Å²) in [5.41, 5.74) is 3.96. The monoisotopic (exact) mass is 508 g/mol. The Labute approximate surface area is 219 Å². The van der Waals surface area contributed by atoms with Gasteiger partial charge in [0, 0.05) is 31.4 Å². The first-order valence-electron chi connectivity index (χ1n) is 13.0. The molecule has 1 unspecified atom stereocenters. The van der Waals surface area contributed by atoms with Crippen LogP contribution in [0.2, 0.25) is 5.02 Å². The lowest BCUT2D eigenvalue weighted by Crippen LogP contribution is -2.36. The molecule has 0 saturated carbocycles. The Morgan fingerprint density at radius 2 is 2.08 bits per heavy atom. The van der Waals surface area contributed by atoms with Gasteiger partial charge in [-0.3, -0.25) is 15.1 Å². The molecule has 1 saturated heterocycles. The first kappa shape index (κ1) is 26.4. The second-order valence-corrected chi connectivity index (χ2v) is 10.1. The van der Waals surface area contributed by atoms with Gasteiger partial charge in [-0.15, -0.1) is 0 Å². The van der Waals surface area contributed by atoms with Gasteiger partial charge in [0.2, 0.25) is 0 Å². The minimum atomic E-state index is -0.740. The van der Waals surface area contributed by atoms with Gasteiger partial charge in [0.25, 0.3) is 5.91 Å². The second-order valence-electron chi connectivity index (χ2n) is 9.65. The molecule has 6 nitrogen and oxygen atoms in total. The summed E-state index contributed by atoms with van der Waals surface area (Å²) in [6.45, 7) is 7.71. The van der Waals surface area contributed by atoms with Crippen molar-refractivity contribution in [2.45, 2.75) is 50.8 Å². The van der Waals surface area contributed by atoms with Crippen LogP contribution in [-0.4, -0.2) is 60.6 Å². The summed E-state index contributed by atoms with van der Waals surface area (Å²) in [5.74, 6) is 0.483. The summed E-state index contributed by atoms with van der Waals surface area (Å²) < 4.78 is 0. The van der Waals surface area contributed by atoms with E-state index >= 15 is 0 Å². The predicted octanol–water partition coefficient (Wildman–Crippen LogP) is 4.64. The Morgan fingerprint density at radius 3 is 2.81 bits per heavy atom. The average Bonchev–Trinajstić information content (AvgIpc) is 3.29. The van der Waals surface area contributed by atoms with Crippen molar-refractivity contribution < 1.29 is 9.90 Å². The van der Waals surface area contributed by atoms with E-state index in [0.29, 0.717) is 16.5 Å². The maximum Gasteiger partial charge on any atom is 0.253 e. The van der Waals surface area contributed by atoms with Crippen LogP contribution in [-0.2, 0) is 0 Å². The molecule has 0 spiro atoms. The standard InChI is InChI=1S/C29H37ClN4O2/c1-2-22-7-9-27(33-29(36)25-5-3-4-6-26(25)30)24(22)8-10-28(35)32-18-11-21-14-19-34(20-15-21)23-12-16-31-17-13-23/h2-6,8,10,12,17,21,27-28,32,35H,1,7,9,11,13-16,18-20H2,(H,33,36)/t27-,28?/m1/s1. The third-order valence-electron chi connectivity index (χ3n) is 7.37. The van der Waals surface area contributed by atoms with Crippen molar-refractivity contribution in [1.29, 1.82) is 0 Å². The highest BCUT2D eigenvalue weighted by atomic mass is 35.5. The van der Waals surface area contributed by atoms with Gasteiger partial charge in [-0.1, -0.05) is 42.5 Å². The zero-order valence-electron chi connectivity index (χ0n) is 20.8. The molecule has 2 aliphatic heterocycles. The third-order valence-corrected chi connectivity index (χ3v) is 7.70. The van der Waals surface area contributed by atoms with E-state index in [2.05, 4.69) is 33.2 Å². The molecule has 3 N–H and O–H groups in total. The summed E-state index contributed by atoms with van der Waals surface area (Å²) in [5, 5.41) is 17.3. The van der Waals surface area contributed by atoms with Crippen molar-refractivity contribution in [2.24, 2.45) is 10.9 Å². The van der Waals surface area contributed by atoms with Crippen molar-refractivity contribution in [2.75, 3.05) is 26.2 Å². The molecule has 0 bridgehead atoms. The van der Waals surface area contributed by atoms with E-state index in [1.165, 1.54) is 18.5 Å². The number of nitrogens with one attached hydrogen (secondary N) is 2. The molecule has 1 aliphatic carbocycles. The first-order valence-corrected chi connectivity index (χ1v) is 13.4. The maximum atomic E-state index is 12.8. The van der Waals surface area contributed by atoms with Gasteiger partial charge in [-0.2, -0.15) is 0 Å². The number of piperidine rings is 1.